The summed E-state index contributed by atoms with van der Waals surface area (Å²) in [6.45, 7) is 0. The van der Waals surface area contributed by atoms with Crippen LogP contribution in [0.4, 0.5) is 0 Å². The van der Waals surface area contributed by atoms with Gasteiger partial charge in [0.05, 0.1) is 5.71 Å². The second-order valence-corrected chi connectivity index (χ2v) is 5.98. The zero-order valence-electron chi connectivity index (χ0n) is 8.46. The number of carbonyl (C=O) groups excluding carboxylic acids is 2. The Morgan fingerprint density at radius 1 is 1.18 bits per heavy atom. The quantitative estimate of drug-likeness (QED) is 0.371. The molecule has 90 valence electrons. The van der Waals surface area contributed by atoms with Crippen molar-refractivity contribution in [3.8, 4) is 0 Å². The van der Waals surface area contributed by atoms with Crippen molar-refractivity contribution in [2.24, 2.45) is 0 Å². The maximum absolute atomic E-state index is 11.3. The van der Waals surface area contributed by atoms with Gasteiger partial charge in [0.15, 0.2) is 12.6 Å². The summed E-state index contributed by atoms with van der Waals surface area (Å²) < 4.78 is 19.9. The van der Waals surface area contributed by atoms with E-state index in [1.807, 2.05) is 0 Å². The zero-order valence-corrected chi connectivity index (χ0v) is 10.0. The third-order valence-corrected chi connectivity index (χ3v) is 4.18. The van der Waals surface area contributed by atoms with Crippen molar-refractivity contribution in [2.75, 3.05) is 0 Å². The molecule has 0 bridgehead atoms. The predicted molar refractivity (Wildman–Crippen MR) is 62.9 cm³/mol. The van der Waals surface area contributed by atoms with E-state index in [0.29, 0.717) is 0 Å². The van der Waals surface area contributed by atoms with Crippen LogP contribution in [-0.4, -0.2) is 31.4 Å². The largest absolute Gasteiger partial charge is 0.302 e. The van der Waals surface area contributed by atoms with Gasteiger partial charge in [-0.25, -0.2) is 8.42 Å². The van der Waals surface area contributed by atoms with Crippen molar-refractivity contribution in [3.63, 3.8) is 0 Å². The number of hydrogen-bond acceptors (Lipinski definition) is 5. The van der Waals surface area contributed by atoms with Crippen LogP contribution in [0.15, 0.2) is 30.3 Å². The van der Waals surface area contributed by atoms with Crippen molar-refractivity contribution >= 4 is 38.0 Å². The number of nitrogens with one attached hydrogen (secondary N) is 1. The summed E-state index contributed by atoms with van der Waals surface area (Å²) in [5, 5.41) is 7.66. The molecule has 0 heterocycles. The molecule has 0 atom stereocenters. The van der Waals surface area contributed by atoms with Gasteiger partial charge in [-0.1, -0.05) is 30.3 Å². The van der Waals surface area contributed by atoms with Crippen molar-refractivity contribution in [2.45, 2.75) is 4.75 Å². The number of hydrogen-bond donors (Lipinski definition) is 1. The first kappa shape index (κ1) is 13.5. The highest BCUT2D eigenvalue weighted by Gasteiger charge is 2.48. The number of rotatable bonds is 5. The van der Waals surface area contributed by atoms with Crippen LogP contribution < -0.4 is 0 Å². The molecule has 1 N–H and O–H groups in total. The van der Waals surface area contributed by atoms with Gasteiger partial charge in [0, 0.05) is 10.7 Å². The molecule has 0 fully saturated rings. The maximum atomic E-state index is 11.3. The van der Waals surface area contributed by atoms with Crippen molar-refractivity contribution < 1.29 is 18.0 Å². The molecular weight excluding hydrogens is 266 g/mol. The van der Waals surface area contributed by atoms with Gasteiger partial charge in [-0.15, -0.1) is 0 Å². The van der Waals surface area contributed by atoms with E-state index in [1.54, 1.807) is 18.2 Å². The minimum atomic E-state index is -4.56. The monoisotopic (exact) mass is 273 g/mol. The average Bonchev–Trinajstić information content (AvgIpc) is 2.30. The standard InChI is InChI=1S/C10H8ClNO4S/c11-17(15,16)10(6-13,7-14)9(12)8-4-2-1-3-5-8/h1-7,12H. The average molecular weight is 274 g/mol. The SMILES string of the molecule is N=C(c1ccccc1)C(C=O)(C=O)S(=O)(=O)Cl. The van der Waals surface area contributed by atoms with E-state index in [0.717, 1.165) is 0 Å². The Bertz CT molecular complexity index is 545. The number of aldehydes is 2. The van der Waals surface area contributed by atoms with Gasteiger partial charge >= 0.3 is 0 Å². The van der Waals surface area contributed by atoms with Gasteiger partial charge in [-0.3, -0.25) is 0 Å². The van der Waals surface area contributed by atoms with Crippen LogP contribution in [0.5, 0.6) is 0 Å². The molecule has 5 nitrogen and oxygen atoms in total. The molecule has 0 aliphatic carbocycles. The smallest absolute Gasteiger partial charge is 0.257 e. The van der Waals surface area contributed by atoms with Crippen molar-refractivity contribution in [3.05, 3.63) is 35.9 Å². The second-order valence-electron chi connectivity index (χ2n) is 3.21. The maximum Gasteiger partial charge on any atom is 0.257 e. The summed E-state index contributed by atoms with van der Waals surface area (Å²) in [6, 6.07) is 7.56. The Labute approximate surface area is 102 Å². The van der Waals surface area contributed by atoms with E-state index in [9.17, 15) is 18.0 Å². The van der Waals surface area contributed by atoms with Crippen LogP contribution in [-0.2, 0) is 18.6 Å². The molecule has 1 aromatic rings. The summed E-state index contributed by atoms with van der Waals surface area (Å²) in [4.78, 5) is 21.8. The summed E-state index contributed by atoms with van der Waals surface area (Å²) in [7, 11) is 0.507. The molecule has 0 saturated carbocycles. The zero-order chi connectivity index (χ0) is 13.1. The van der Waals surface area contributed by atoms with Gasteiger partial charge in [0.2, 0.25) is 4.75 Å². The molecule has 0 saturated heterocycles. The van der Waals surface area contributed by atoms with E-state index >= 15 is 0 Å². The Hall–Kier alpha value is -1.53. The third-order valence-electron chi connectivity index (χ3n) is 2.21. The lowest BCUT2D eigenvalue weighted by atomic mass is 9.98. The lowest BCUT2D eigenvalue weighted by Crippen LogP contribution is -2.47. The molecule has 0 aliphatic heterocycles. The highest BCUT2D eigenvalue weighted by Crippen LogP contribution is 2.22. The lowest BCUT2D eigenvalue weighted by molar-refractivity contribution is -0.115. The Morgan fingerprint density at radius 2 is 1.65 bits per heavy atom. The van der Waals surface area contributed by atoms with E-state index in [1.165, 1.54) is 12.1 Å². The molecule has 0 spiro atoms. The second kappa shape index (κ2) is 4.77. The number of halogens is 1. The highest BCUT2D eigenvalue weighted by molar-refractivity contribution is 8.16. The van der Waals surface area contributed by atoms with Crippen LogP contribution in [0.1, 0.15) is 5.56 Å². The molecule has 0 aromatic heterocycles. The minimum absolute atomic E-state index is 0.135. The van der Waals surface area contributed by atoms with Gasteiger partial charge in [-0.05, 0) is 5.56 Å². The topological polar surface area (TPSA) is 92.1 Å². The first-order valence-corrected chi connectivity index (χ1v) is 6.71. The molecule has 7 heteroatoms. The molecule has 17 heavy (non-hydrogen) atoms. The fourth-order valence-corrected chi connectivity index (χ4v) is 2.25. The van der Waals surface area contributed by atoms with Crippen LogP contribution in [0.25, 0.3) is 0 Å². The number of benzene rings is 1. The van der Waals surface area contributed by atoms with Gasteiger partial charge < -0.3 is 15.0 Å². The minimum Gasteiger partial charge on any atom is -0.302 e. The van der Waals surface area contributed by atoms with Gasteiger partial charge in [0.25, 0.3) is 9.05 Å². The Kier molecular flexibility index (Phi) is 3.79. The Morgan fingerprint density at radius 3 is 2.00 bits per heavy atom. The van der Waals surface area contributed by atoms with Gasteiger partial charge in [-0.2, -0.15) is 0 Å². The molecule has 0 amide bonds. The van der Waals surface area contributed by atoms with Crippen molar-refractivity contribution in [1.29, 1.82) is 5.41 Å². The first-order valence-electron chi connectivity index (χ1n) is 4.40. The summed E-state index contributed by atoms with van der Waals surface area (Å²) in [5.41, 5.74) is -0.533. The van der Waals surface area contributed by atoms with Crippen LogP contribution in [0, 0.1) is 5.41 Å². The fraction of sp³-hybridized carbons (Fsp3) is 0.100. The van der Waals surface area contributed by atoms with E-state index in [2.05, 4.69) is 0 Å². The summed E-state index contributed by atoms with van der Waals surface area (Å²) in [6.07, 6.45) is -0.282. The van der Waals surface area contributed by atoms with E-state index < -0.39 is 19.5 Å². The summed E-state index contributed by atoms with van der Waals surface area (Å²) >= 11 is 0. The van der Waals surface area contributed by atoms with E-state index in [4.69, 9.17) is 16.1 Å². The number of carbonyl (C=O) groups is 2. The molecule has 0 radical (unpaired) electrons. The summed E-state index contributed by atoms with van der Waals surface area (Å²) in [5.74, 6) is 0. The van der Waals surface area contributed by atoms with Crippen LogP contribution >= 0.6 is 10.7 Å². The predicted octanol–water partition coefficient (Wildman–Crippen LogP) is 0.760. The fourth-order valence-electron chi connectivity index (χ4n) is 1.21. The normalized spacial score (nSPS) is 11.8. The highest BCUT2D eigenvalue weighted by atomic mass is 35.7. The molecular formula is C10H8ClNO4S. The first-order chi connectivity index (χ1) is 7.89. The molecule has 0 aliphatic rings. The lowest BCUT2D eigenvalue weighted by Gasteiger charge is -2.18. The van der Waals surface area contributed by atoms with Crippen molar-refractivity contribution in [1.82, 2.24) is 0 Å². The van der Waals surface area contributed by atoms with Crippen LogP contribution in [0.2, 0.25) is 0 Å². The van der Waals surface area contributed by atoms with E-state index in [-0.39, 0.29) is 18.1 Å². The molecule has 1 rings (SSSR count). The van der Waals surface area contributed by atoms with Gasteiger partial charge in [0.1, 0.15) is 0 Å². The molecule has 1 aromatic carbocycles. The third kappa shape index (κ3) is 2.27. The molecule has 0 unspecified atom stereocenters. The van der Waals surface area contributed by atoms with Crippen LogP contribution in [0.3, 0.4) is 0 Å². The Balaban J connectivity index is 3.43.